The molecule has 0 fully saturated rings. The smallest absolute Gasteiger partial charge is 0.447 e. The van der Waals surface area contributed by atoms with Crippen molar-refractivity contribution in [3.63, 3.8) is 0 Å². The molecule has 138 valence electrons. The van der Waals surface area contributed by atoms with Gasteiger partial charge in [-0.25, -0.2) is 4.55 Å². The first-order chi connectivity index (χ1) is 12.8. The topological polar surface area (TPSA) is 115 Å². The second-order valence-electron chi connectivity index (χ2n) is 6.34. The molecule has 1 heterocycles. The average molecular weight is 386 g/mol. The number of benzene rings is 3. The molecular formula is C19H16NO6S+. The van der Waals surface area contributed by atoms with Gasteiger partial charge in [0.2, 0.25) is 5.69 Å². The summed E-state index contributed by atoms with van der Waals surface area (Å²) in [4.78, 5) is 0. The predicted molar refractivity (Wildman–Crippen MR) is 101 cm³/mol. The lowest BCUT2D eigenvalue weighted by atomic mass is 10.0. The van der Waals surface area contributed by atoms with Gasteiger partial charge in [0, 0.05) is 29.5 Å². The van der Waals surface area contributed by atoms with Gasteiger partial charge in [0.15, 0.2) is 23.4 Å². The number of aliphatic hydroxyl groups excluding tert-OH is 1. The summed E-state index contributed by atoms with van der Waals surface area (Å²) in [6, 6.07) is 13.8. The van der Waals surface area contributed by atoms with Crippen LogP contribution >= 0.6 is 0 Å². The van der Waals surface area contributed by atoms with E-state index in [0.717, 1.165) is 12.3 Å². The molecule has 0 bridgehead atoms. The molecule has 7 nitrogen and oxygen atoms in total. The first kappa shape index (κ1) is 17.3. The maximum atomic E-state index is 12.7. The van der Waals surface area contributed by atoms with Gasteiger partial charge in [-0.1, -0.05) is 40.3 Å². The van der Waals surface area contributed by atoms with E-state index in [0.29, 0.717) is 10.9 Å². The van der Waals surface area contributed by atoms with Crippen LogP contribution in [0.3, 0.4) is 0 Å². The Morgan fingerprint density at radius 3 is 2.19 bits per heavy atom. The van der Waals surface area contributed by atoms with E-state index in [-0.39, 0.29) is 34.7 Å². The number of para-hydroxylation sites is 1. The Balaban J connectivity index is 2.27. The molecule has 4 rings (SSSR count). The Kier molecular flexibility index (Phi) is 3.67. The van der Waals surface area contributed by atoms with Crippen molar-refractivity contribution in [2.75, 3.05) is 0 Å². The molecule has 0 saturated heterocycles. The van der Waals surface area contributed by atoms with Gasteiger partial charge in [0.05, 0.1) is 5.39 Å². The standard InChI is InChI=1S/C19H15NO6S/c21-13-9-12-5-1-4-8-16(12)20(11-13,27(24,25)26)19-15-7-3-2-6-14(15)17(22)10-18(19)23/h1-8,10-11H,9H2,(H3-,21,22,23,24,25,26)/p+1/t20-/m1/s1. The summed E-state index contributed by atoms with van der Waals surface area (Å²) in [6.07, 6.45) is 1.07. The molecule has 0 aliphatic carbocycles. The second-order valence-corrected chi connectivity index (χ2v) is 7.81. The summed E-state index contributed by atoms with van der Waals surface area (Å²) in [7, 11) is -4.95. The van der Waals surface area contributed by atoms with Gasteiger partial charge in [0.1, 0.15) is 5.75 Å². The van der Waals surface area contributed by atoms with Gasteiger partial charge in [-0.15, -0.1) is 8.42 Å². The fraction of sp³-hybridized carbons (Fsp3) is 0.0526. The van der Waals surface area contributed by atoms with Gasteiger partial charge in [-0.3, -0.25) is 0 Å². The molecule has 1 aliphatic rings. The summed E-state index contributed by atoms with van der Waals surface area (Å²) in [6.45, 7) is 0. The van der Waals surface area contributed by atoms with Crippen LogP contribution in [0.5, 0.6) is 11.5 Å². The van der Waals surface area contributed by atoms with E-state index in [1.54, 1.807) is 36.4 Å². The average Bonchev–Trinajstić information content (AvgIpc) is 2.60. The SMILES string of the molecule is O=S(=O)(O)[N@+]1(c2c(O)cc(O)c3ccccc23)C=C(O)Cc2ccccc21. The molecule has 1 atom stereocenters. The number of fused-ring (bicyclic) bond motifs is 2. The minimum absolute atomic E-state index is 0.0858. The van der Waals surface area contributed by atoms with Crippen molar-refractivity contribution in [3.05, 3.63) is 72.1 Å². The van der Waals surface area contributed by atoms with Crippen LogP contribution in [-0.4, -0.2) is 28.3 Å². The number of allylic oxidation sites excluding steroid dienone is 1. The van der Waals surface area contributed by atoms with E-state index >= 15 is 0 Å². The molecular weight excluding hydrogens is 370 g/mol. The molecule has 0 saturated carbocycles. The third-order valence-corrected chi connectivity index (χ3v) is 5.93. The number of aromatic hydroxyl groups is 2. The lowest BCUT2D eigenvalue weighted by Crippen LogP contribution is -2.46. The fourth-order valence-electron chi connectivity index (χ4n) is 3.67. The van der Waals surface area contributed by atoms with E-state index in [4.69, 9.17) is 0 Å². The fourth-order valence-corrected chi connectivity index (χ4v) is 4.78. The van der Waals surface area contributed by atoms with Gasteiger partial charge in [0.25, 0.3) is 0 Å². The highest BCUT2D eigenvalue weighted by molar-refractivity contribution is 7.85. The number of aliphatic hydroxyl groups is 1. The number of hydrogen-bond donors (Lipinski definition) is 4. The maximum absolute atomic E-state index is 12.7. The van der Waals surface area contributed by atoms with Crippen molar-refractivity contribution >= 4 is 32.5 Å². The molecule has 4 N–H and O–H groups in total. The molecule has 0 radical (unpaired) electrons. The Hall–Kier alpha value is -3.07. The van der Waals surface area contributed by atoms with Gasteiger partial charge < -0.3 is 15.3 Å². The minimum Gasteiger partial charge on any atom is -0.507 e. The van der Waals surface area contributed by atoms with Gasteiger partial charge in [-0.2, -0.15) is 0 Å². The molecule has 27 heavy (non-hydrogen) atoms. The lowest BCUT2D eigenvalue weighted by Gasteiger charge is -2.34. The van der Waals surface area contributed by atoms with Crippen LogP contribution in [0.15, 0.2) is 66.6 Å². The van der Waals surface area contributed by atoms with Crippen LogP contribution in [0.2, 0.25) is 0 Å². The summed E-state index contributed by atoms with van der Waals surface area (Å²) in [5.41, 5.74) is 0.459. The monoisotopic (exact) mass is 386 g/mol. The molecule has 1 aliphatic heterocycles. The summed E-state index contributed by atoms with van der Waals surface area (Å²) < 4.78 is 34.4. The number of quaternary nitrogens is 1. The molecule has 0 aromatic heterocycles. The molecule has 0 amide bonds. The highest BCUT2D eigenvalue weighted by atomic mass is 32.2. The Labute approximate surface area is 155 Å². The first-order valence-corrected chi connectivity index (χ1v) is 9.45. The molecule has 3 aromatic rings. The summed E-state index contributed by atoms with van der Waals surface area (Å²) in [5, 5.41) is 31.6. The first-order valence-electron chi connectivity index (χ1n) is 8.05. The van der Waals surface area contributed by atoms with Crippen LogP contribution in [-0.2, 0) is 16.7 Å². The zero-order chi connectivity index (χ0) is 19.4. The third kappa shape index (κ3) is 2.38. The molecule has 8 heteroatoms. The van der Waals surface area contributed by atoms with Gasteiger partial charge >= 0.3 is 10.3 Å². The van der Waals surface area contributed by atoms with E-state index in [9.17, 15) is 28.3 Å². The van der Waals surface area contributed by atoms with Crippen molar-refractivity contribution in [1.29, 1.82) is 0 Å². The number of hydrogen-bond acceptors (Lipinski definition) is 5. The number of rotatable bonds is 2. The lowest BCUT2D eigenvalue weighted by molar-refractivity contribution is 0.369. The van der Waals surface area contributed by atoms with Crippen molar-refractivity contribution in [1.82, 2.24) is 3.89 Å². The van der Waals surface area contributed by atoms with Crippen molar-refractivity contribution in [3.8, 4) is 11.5 Å². The second kappa shape index (κ2) is 5.71. The molecule has 0 unspecified atom stereocenters. The zero-order valence-corrected chi connectivity index (χ0v) is 14.8. The quantitative estimate of drug-likeness (QED) is 0.395. The van der Waals surface area contributed by atoms with Crippen molar-refractivity contribution in [2.24, 2.45) is 0 Å². The molecule has 0 spiro atoms. The van der Waals surface area contributed by atoms with E-state index in [2.05, 4.69) is 0 Å². The van der Waals surface area contributed by atoms with E-state index < -0.39 is 19.9 Å². The number of phenols is 2. The number of nitrogens with zero attached hydrogens (tertiary/aromatic N) is 1. The van der Waals surface area contributed by atoms with Crippen molar-refractivity contribution < 1.29 is 28.3 Å². The van der Waals surface area contributed by atoms with Crippen LogP contribution in [0.25, 0.3) is 10.8 Å². The summed E-state index contributed by atoms with van der Waals surface area (Å²) in [5.74, 6) is -1.05. The Morgan fingerprint density at radius 2 is 1.48 bits per heavy atom. The van der Waals surface area contributed by atoms with Crippen molar-refractivity contribution in [2.45, 2.75) is 6.42 Å². The Morgan fingerprint density at radius 1 is 0.852 bits per heavy atom. The largest absolute Gasteiger partial charge is 0.507 e. The third-order valence-electron chi connectivity index (χ3n) is 4.72. The van der Waals surface area contributed by atoms with Gasteiger partial charge in [-0.05, 0) is 6.07 Å². The maximum Gasteiger partial charge on any atom is 0.447 e. The zero-order valence-electron chi connectivity index (χ0n) is 13.9. The number of phenolic OH excluding ortho intramolecular Hbond substituents is 2. The van der Waals surface area contributed by atoms with E-state index in [1.807, 2.05) is 0 Å². The predicted octanol–water partition coefficient (Wildman–Crippen LogP) is 3.65. The normalized spacial score (nSPS) is 19.5. The highest BCUT2D eigenvalue weighted by Gasteiger charge is 2.52. The van der Waals surface area contributed by atoms with Crippen LogP contribution < -0.4 is 3.89 Å². The Bertz CT molecular complexity index is 1220. The van der Waals surface area contributed by atoms with Crippen LogP contribution in [0.4, 0.5) is 11.4 Å². The summed E-state index contributed by atoms with van der Waals surface area (Å²) >= 11 is 0. The van der Waals surface area contributed by atoms with E-state index in [1.165, 1.54) is 12.1 Å². The van der Waals surface area contributed by atoms with Crippen LogP contribution in [0.1, 0.15) is 5.56 Å². The van der Waals surface area contributed by atoms with Crippen LogP contribution in [0, 0.1) is 0 Å². The highest BCUT2D eigenvalue weighted by Crippen LogP contribution is 2.52. The molecule has 3 aromatic carbocycles. The minimum atomic E-state index is -4.95.